The molecule has 0 aliphatic rings. The second-order valence-electron chi connectivity index (χ2n) is 2.50. The van der Waals surface area contributed by atoms with Crippen molar-refractivity contribution in [3.8, 4) is 0 Å². The van der Waals surface area contributed by atoms with Gasteiger partial charge in [0.05, 0.1) is 6.61 Å². The molecule has 0 saturated carbocycles. The average Bonchev–Trinajstić information content (AvgIpc) is 2.14. The Hall–Kier alpha value is -1.32. The standard InChI is InChI=1S/C9H15NO3/c1-3-5-6-13-9(12)7-10-8(11)4-2/h4H,2-3,5-7H2,1H3,(H,10,11). The van der Waals surface area contributed by atoms with Crippen molar-refractivity contribution in [2.24, 2.45) is 0 Å². The van der Waals surface area contributed by atoms with Crippen LogP contribution in [0.1, 0.15) is 19.8 Å². The second-order valence-corrected chi connectivity index (χ2v) is 2.50. The molecule has 0 spiro atoms. The maximum atomic E-state index is 10.9. The molecular formula is C9H15NO3. The molecule has 4 heteroatoms. The van der Waals surface area contributed by atoms with Gasteiger partial charge in [0, 0.05) is 0 Å². The molecule has 13 heavy (non-hydrogen) atoms. The lowest BCUT2D eigenvalue weighted by Gasteiger charge is -2.03. The van der Waals surface area contributed by atoms with E-state index in [4.69, 9.17) is 4.74 Å². The third-order valence-electron chi connectivity index (χ3n) is 1.35. The lowest BCUT2D eigenvalue weighted by Crippen LogP contribution is -2.29. The SMILES string of the molecule is C=CC(=O)NCC(=O)OCCCC. The van der Waals surface area contributed by atoms with Crippen molar-refractivity contribution >= 4 is 11.9 Å². The summed E-state index contributed by atoms with van der Waals surface area (Å²) in [6.45, 7) is 5.58. The third kappa shape index (κ3) is 7.05. The number of hydrogen-bond acceptors (Lipinski definition) is 3. The van der Waals surface area contributed by atoms with Gasteiger partial charge in [-0.15, -0.1) is 0 Å². The Morgan fingerprint density at radius 2 is 2.23 bits per heavy atom. The van der Waals surface area contributed by atoms with Crippen molar-refractivity contribution in [3.63, 3.8) is 0 Å². The van der Waals surface area contributed by atoms with Gasteiger partial charge >= 0.3 is 5.97 Å². The molecule has 1 N–H and O–H groups in total. The molecule has 0 aromatic rings. The summed E-state index contributed by atoms with van der Waals surface area (Å²) in [5.74, 6) is -0.781. The predicted molar refractivity (Wildman–Crippen MR) is 49.1 cm³/mol. The van der Waals surface area contributed by atoms with E-state index in [1.165, 1.54) is 0 Å². The molecule has 4 nitrogen and oxygen atoms in total. The lowest BCUT2D eigenvalue weighted by atomic mass is 10.4. The lowest BCUT2D eigenvalue weighted by molar-refractivity contribution is -0.143. The first-order valence-corrected chi connectivity index (χ1v) is 4.26. The number of amides is 1. The highest BCUT2D eigenvalue weighted by Gasteiger charge is 2.02. The number of carbonyl (C=O) groups excluding carboxylic acids is 2. The maximum absolute atomic E-state index is 10.9. The van der Waals surface area contributed by atoms with Gasteiger partial charge in [0.15, 0.2) is 0 Å². The van der Waals surface area contributed by atoms with E-state index in [0.29, 0.717) is 6.61 Å². The van der Waals surface area contributed by atoms with Crippen LogP contribution in [0.3, 0.4) is 0 Å². The highest BCUT2D eigenvalue weighted by atomic mass is 16.5. The zero-order valence-corrected chi connectivity index (χ0v) is 7.84. The van der Waals surface area contributed by atoms with Gasteiger partial charge in [-0.1, -0.05) is 19.9 Å². The van der Waals surface area contributed by atoms with Gasteiger partial charge in [0.25, 0.3) is 0 Å². The maximum Gasteiger partial charge on any atom is 0.325 e. The third-order valence-corrected chi connectivity index (χ3v) is 1.35. The fourth-order valence-corrected chi connectivity index (χ4v) is 0.613. The molecule has 0 aliphatic heterocycles. The summed E-state index contributed by atoms with van der Waals surface area (Å²) in [4.78, 5) is 21.5. The highest BCUT2D eigenvalue weighted by molar-refractivity contribution is 5.89. The topological polar surface area (TPSA) is 55.4 Å². The van der Waals surface area contributed by atoms with Gasteiger partial charge in [0.2, 0.25) is 5.91 Å². The molecule has 0 saturated heterocycles. The Morgan fingerprint density at radius 3 is 2.77 bits per heavy atom. The molecule has 0 aliphatic carbocycles. The van der Waals surface area contributed by atoms with Crippen molar-refractivity contribution in [1.82, 2.24) is 5.32 Å². The Bertz CT molecular complexity index is 189. The van der Waals surface area contributed by atoms with Crippen LogP contribution in [0.25, 0.3) is 0 Å². The van der Waals surface area contributed by atoms with Crippen LogP contribution in [0.2, 0.25) is 0 Å². The summed E-state index contributed by atoms with van der Waals surface area (Å²) in [6.07, 6.45) is 2.94. The van der Waals surface area contributed by atoms with Crippen molar-refractivity contribution in [3.05, 3.63) is 12.7 Å². The van der Waals surface area contributed by atoms with E-state index in [9.17, 15) is 9.59 Å². The van der Waals surface area contributed by atoms with E-state index in [1.54, 1.807) is 0 Å². The number of hydrogen-bond donors (Lipinski definition) is 1. The van der Waals surface area contributed by atoms with E-state index in [0.717, 1.165) is 18.9 Å². The highest BCUT2D eigenvalue weighted by Crippen LogP contribution is 1.87. The zero-order chi connectivity index (χ0) is 10.1. The van der Waals surface area contributed by atoms with Gasteiger partial charge in [-0.2, -0.15) is 0 Å². The number of unbranched alkanes of at least 4 members (excludes halogenated alkanes) is 1. The van der Waals surface area contributed by atoms with Crippen LogP contribution >= 0.6 is 0 Å². The first kappa shape index (κ1) is 11.7. The minimum atomic E-state index is -0.413. The number of esters is 1. The van der Waals surface area contributed by atoms with Gasteiger partial charge in [0.1, 0.15) is 6.54 Å². The largest absolute Gasteiger partial charge is 0.464 e. The van der Waals surface area contributed by atoms with Gasteiger partial charge < -0.3 is 10.1 Å². The summed E-state index contributed by atoms with van der Waals surface area (Å²) < 4.78 is 4.79. The van der Waals surface area contributed by atoms with Crippen LogP contribution in [0.5, 0.6) is 0 Å². The molecule has 0 atom stereocenters. The summed E-state index contributed by atoms with van der Waals surface area (Å²) >= 11 is 0. The average molecular weight is 185 g/mol. The summed E-state index contributed by atoms with van der Waals surface area (Å²) in [7, 11) is 0. The van der Waals surface area contributed by atoms with Crippen LogP contribution in [-0.4, -0.2) is 25.0 Å². The number of nitrogens with one attached hydrogen (secondary N) is 1. The Morgan fingerprint density at radius 1 is 1.54 bits per heavy atom. The monoisotopic (exact) mass is 185 g/mol. The molecule has 0 radical (unpaired) electrons. The van der Waals surface area contributed by atoms with Crippen molar-refractivity contribution < 1.29 is 14.3 Å². The Balaban J connectivity index is 3.40. The quantitative estimate of drug-likeness (QED) is 0.375. The predicted octanol–water partition coefficient (Wildman–Crippen LogP) is 0.632. The van der Waals surface area contributed by atoms with Crippen LogP contribution in [0.15, 0.2) is 12.7 Å². The molecule has 0 aromatic heterocycles. The molecule has 0 bridgehead atoms. The van der Waals surface area contributed by atoms with Crippen molar-refractivity contribution in [2.75, 3.05) is 13.2 Å². The van der Waals surface area contributed by atoms with Crippen LogP contribution < -0.4 is 5.32 Å². The zero-order valence-electron chi connectivity index (χ0n) is 7.84. The van der Waals surface area contributed by atoms with Gasteiger partial charge in [-0.05, 0) is 12.5 Å². The molecular weight excluding hydrogens is 170 g/mol. The van der Waals surface area contributed by atoms with Gasteiger partial charge in [-0.3, -0.25) is 9.59 Å². The summed E-state index contributed by atoms with van der Waals surface area (Å²) in [5.41, 5.74) is 0. The molecule has 0 heterocycles. The number of carbonyl (C=O) groups is 2. The minimum absolute atomic E-state index is 0.0887. The fourth-order valence-electron chi connectivity index (χ4n) is 0.613. The van der Waals surface area contributed by atoms with Crippen LogP contribution in [0, 0.1) is 0 Å². The van der Waals surface area contributed by atoms with E-state index >= 15 is 0 Å². The summed E-state index contributed by atoms with van der Waals surface area (Å²) in [6, 6.07) is 0. The fraction of sp³-hybridized carbons (Fsp3) is 0.556. The van der Waals surface area contributed by atoms with Gasteiger partial charge in [-0.25, -0.2) is 0 Å². The molecule has 74 valence electrons. The summed E-state index contributed by atoms with van der Waals surface area (Å²) in [5, 5.41) is 2.33. The molecule has 0 aromatic carbocycles. The van der Waals surface area contributed by atoms with Crippen LogP contribution in [-0.2, 0) is 14.3 Å². The van der Waals surface area contributed by atoms with E-state index in [-0.39, 0.29) is 12.5 Å². The molecule has 0 fully saturated rings. The van der Waals surface area contributed by atoms with E-state index in [1.807, 2.05) is 6.92 Å². The van der Waals surface area contributed by atoms with Crippen molar-refractivity contribution in [1.29, 1.82) is 0 Å². The molecule has 0 unspecified atom stereocenters. The first-order chi connectivity index (χ1) is 6.20. The Kier molecular flexibility index (Phi) is 6.59. The minimum Gasteiger partial charge on any atom is -0.464 e. The van der Waals surface area contributed by atoms with E-state index < -0.39 is 5.97 Å². The van der Waals surface area contributed by atoms with E-state index in [2.05, 4.69) is 11.9 Å². The normalized spacial score (nSPS) is 9.00. The van der Waals surface area contributed by atoms with Crippen molar-refractivity contribution in [2.45, 2.75) is 19.8 Å². The van der Waals surface area contributed by atoms with Crippen LogP contribution in [0.4, 0.5) is 0 Å². The molecule has 1 amide bonds. The first-order valence-electron chi connectivity index (χ1n) is 4.26. The molecule has 0 rings (SSSR count). The number of rotatable bonds is 6. The second kappa shape index (κ2) is 7.34. The Labute approximate surface area is 78.0 Å². The smallest absolute Gasteiger partial charge is 0.325 e. The number of ether oxygens (including phenoxy) is 1.